The summed E-state index contributed by atoms with van der Waals surface area (Å²) < 4.78 is 28.5. The summed E-state index contributed by atoms with van der Waals surface area (Å²) >= 11 is 0. The van der Waals surface area contributed by atoms with E-state index >= 15 is 0 Å². The molecule has 0 bridgehead atoms. The van der Waals surface area contributed by atoms with Gasteiger partial charge in [0.15, 0.2) is 9.84 Å². The Morgan fingerprint density at radius 3 is 2.75 bits per heavy atom. The highest BCUT2D eigenvalue weighted by atomic mass is 32.2. The summed E-state index contributed by atoms with van der Waals surface area (Å²) in [5, 5.41) is 8.43. The zero-order valence-corrected chi connectivity index (χ0v) is 9.62. The summed E-state index contributed by atoms with van der Waals surface area (Å²) in [6.45, 7) is 2.22. The van der Waals surface area contributed by atoms with E-state index in [1.807, 2.05) is 0 Å². The average Bonchev–Trinajstić information content (AvgIpc) is 2.21. The van der Waals surface area contributed by atoms with Gasteiger partial charge in [-0.25, -0.2) is 8.42 Å². The maximum atomic E-state index is 11.7. The van der Waals surface area contributed by atoms with Gasteiger partial charge in [0.2, 0.25) is 0 Å². The third kappa shape index (κ3) is 2.64. The highest BCUT2D eigenvalue weighted by Crippen LogP contribution is 2.24. The monoisotopic (exact) mass is 240 g/mol. The number of anilines is 1. The molecule has 2 N–H and O–H groups in total. The van der Waals surface area contributed by atoms with Gasteiger partial charge in [-0.15, -0.1) is 0 Å². The van der Waals surface area contributed by atoms with Crippen LogP contribution >= 0.6 is 0 Å². The smallest absolute Gasteiger partial charge is 0.193 e. The van der Waals surface area contributed by atoms with Gasteiger partial charge in [-0.3, -0.25) is 0 Å². The van der Waals surface area contributed by atoms with Gasteiger partial charge in [-0.2, -0.15) is 5.26 Å². The van der Waals surface area contributed by atoms with Crippen LogP contribution in [-0.2, 0) is 9.84 Å². The molecule has 16 heavy (non-hydrogen) atoms. The summed E-state index contributed by atoms with van der Waals surface area (Å²) in [5.74, 6) is -0.166. The molecule has 0 heterocycles. The van der Waals surface area contributed by atoms with Crippen molar-refractivity contribution in [2.24, 2.45) is 0 Å². The van der Waals surface area contributed by atoms with Gasteiger partial charge >= 0.3 is 0 Å². The maximum Gasteiger partial charge on any atom is 0.193 e. The molecule has 0 aliphatic rings. The molecule has 0 saturated carbocycles. The Hall–Kier alpha value is -1.74. The van der Waals surface area contributed by atoms with Crippen LogP contribution in [0.4, 0.5) is 5.69 Å². The highest BCUT2D eigenvalue weighted by molar-refractivity contribution is 7.91. The van der Waals surface area contributed by atoms with Crippen molar-refractivity contribution in [3.63, 3.8) is 0 Å². The molecule has 5 nitrogen and oxygen atoms in total. The number of hydrogen-bond donors (Lipinski definition) is 1. The van der Waals surface area contributed by atoms with E-state index in [1.165, 1.54) is 12.1 Å². The molecule has 1 rings (SSSR count). The van der Waals surface area contributed by atoms with Crippen LogP contribution in [0.2, 0.25) is 0 Å². The lowest BCUT2D eigenvalue weighted by Crippen LogP contribution is -2.08. The molecular formula is C10H12N2O3S. The second kappa shape index (κ2) is 4.86. The fraction of sp³-hybridized carbons (Fsp3) is 0.300. The highest BCUT2D eigenvalue weighted by Gasteiger charge is 2.18. The minimum Gasteiger partial charge on any atom is -0.494 e. The first-order valence-electron chi connectivity index (χ1n) is 4.63. The van der Waals surface area contributed by atoms with Crippen LogP contribution in [-0.4, -0.2) is 20.8 Å². The lowest BCUT2D eigenvalue weighted by Gasteiger charge is -2.08. The first-order chi connectivity index (χ1) is 7.51. The number of hydrogen-bond acceptors (Lipinski definition) is 5. The molecule has 0 aromatic heterocycles. The summed E-state index contributed by atoms with van der Waals surface area (Å²) in [6, 6.07) is 5.98. The molecule has 6 heteroatoms. The largest absolute Gasteiger partial charge is 0.494 e. The molecule has 0 atom stereocenters. The van der Waals surface area contributed by atoms with Gasteiger partial charge in [0.1, 0.15) is 11.5 Å². The number of sulfone groups is 1. The van der Waals surface area contributed by atoms with Crippen molar-refractivity contribution >= 4 is 15.5 Å². The quantitative estimate of drug-likeness (QED) is 0.791. The van der Waals surface area contributed by atoms with E-state index in [9.17, 15) is 8.42 Å². The Kier molecular flexibility index (Phi) is 3.74. The number of nitrogens with zero attached hydrogens (tertiary/aromatic N) is 1. The zero-order valence-electron chi connectivity index (χ0n) is 8.80. The zero-order chi connectivity index (χ0) is 12.2. The van der Waals surface area contributed by atoms with Crippen molar-refractivity contribution in [1.82, 2.24) is 0 Å². The molecule has 1 aromatic carbocycles. The van der Waals surface area contributed by atoms with Crippen LogP contribution in [0, 0.1) is 11.3 Å². The van der Waals surface area contributed by atoms with E-state index in [2.05, 4.69) is 0 Å². The van der Waals surface area contributed by atoms with Gasteiger partial charge < -0.3 is 10.5 Å². The van der Waals surface area contributed by atoms with E-state index < -0.39 is 15.6 Å². The second-order valence-corrected chi connectivity index (χ2v) is 5.01. The number of benzene rings is 1. The number of ether oxygens (including phenoxy) is 1. The van der Waals surface area contributed by atoms with Gasteiger partial charge in [-0.1, -0.05) is 0 Å². The Morgan fingerprint density at radius 1 is 1.50 bits per heavy atom. The number of rotatable bonds is 4. The molecule has 0 radical (unpaired) electrons. The van der Waals surface area contributed by atoms with Crippen LogP contribution in [0.15, 0.2) is 23.1 Å². The first-order valence-corrected chi connectivity index (χ1v) is 6.28. The van der Waals surface area contributed by atoms with E-state index in [-0.39, 0.29) is 10.6 Å². The minimum absolute atomic E-state index is 0.0556. The number of nitrogen functional groups attached to an aromatic ring is 1. The molecular weight excluding hydrogens is 228 g/mol. The van der Waals surface area contributed by atoms with Crippen molar-refractivity contribution in [2.45, 2.75) is 11.8 Å². The van der Waals surface area contributed by atoms with Crippen molar-refractivity contribution < 1.29 is 13.2 Å². The van der Waals surface area contributed by atoms with Crippen molar-refractivity contribution in [3.8, 4) is 11.8 Å². The summed E-state index contributed by atoms with van der Waals surface area (Å²) in [7, 11) is -3.65. The summed E-state index contributed by atoms with van der Waals surface area (Å²) in [5.41, 5.74) is 5.68. The standard InChI is InChI=1S/C10H12N2O3S/c1-2-15-8-3-4-9(12)10(7-8)16(13,14)6-5-11/h3-4,7H,2,6,12H2,1H3. The van der Waals surface area contributed by atoms with Gasteiger partial charge in [0.05, 0.1) is 23.3 Å². The Bertz CT molecular complexity index is 517. The predicted octanol–water partition coefficient (Wildman–Crippen LogP) is 0.965. The molecule has 0 aliphatic carbocycles. The van der Waals surface area contributed by atoms with Gasteiger partial charge in [0.25, 0.3) is 0 Å². The van der Waals surface area contributed by atoms with Crippen LogP contribution in [0.5, 0.6) is 5.75 Å². The first kappa shape index (κ1) is 12.3. The van der Waals surface area contributed by atoms with E-state index in [0.29, 0.717) is 12.4 Å². The molecule has 0 unspecified atom stereocenters. The molecule has 0 aliphatic heterocycles. The normalized spacial score (nSPS) is 10.8. The molecule has 1 aromatic rings. The van der Waals surface area contributed by atoms with E-state index in [1.54, 1.807) is 19.1 Å². The van der Waals surface area contributed by atoms with E-state index in [0.717, 1.165) is 0 Å². The molecule has 0 spiro atoms. The van der Waals surface area contributed by atoms with Crippen molar-refractivity contribution in [2.75, 3.05) is 18.1 Å². The lowest BCUT2D eigenvalue weighted by atomic mass is 10.3. The molecule has 86 valence electrons. The van der Waals surface area contributed by atoms with Crippen molar-refractivity contribution in [3.05, 3.63) is 18.2 Å². The Labute approximate surface area is 94.4 Å². The lowest BCUT2D eigenvalue weighted by molar-refractivity contribution is 0.339. The van der Waals surface area contributed by atoms with Crippen molar-refractivity contribution in [1.29, 1.82) is 5.26 Å². The minimum atomic E-state index is -3.65. The summed E-state index contributed by atoms with van der Waals surface area (Å²) in [6.07, 6.45) is 0. The fourth-order valence-electron chi connectivity index (χ4n) is 1.20. The van der Waals surface area contributed by atoms with Gasteiger partial charge in [-0.05, 0) is 19.1 Å². The second-order valence-electron chi connectivity index (χ2n) is 3.05. The fourth-order valence-corrected chi connectivity index (χ4v) is 2.25. The Morgan fingerprint density at radius 2 is 2.19 bits per heavy atom. The number of nitriles is 1. The third-order valence-corrected chi connectivity index (χ3v) is 3.42. The molecule has 0 fully saturated rings. The van der Waals surface area contributed by atoms with Crippen LogP contribution in [0.3, 0.4) is 0 Å². The SMILES string of the molecule is CCOc1ccc(N)c(S(=O)(=O)CC#N)c1. The van der Waals surface area contributed by atoms with E-state index in [4.69, 9.17) is 15.7 Å². The van der Waals surface area contributed by atoms with Crippen LogP contribution in [0.25, 0.3) is 0 Å². The Balaban J connectivity index is 3.23. The third-order valence-electron chi connectivity index (χ3n) is 1.89. The summed E-state index contributed by atoms with van der Waals surface area (Å²) in [4.78, 5) is -0.0556. The van der Waals surface area contributed by atoms with Crippen LogP contribution < -0.4 is 10.5 Å². The topological polar surface area (TPSA) is 93.2 Å². The van der Waals surface area contributed by atoms with Crippen LogP contribution in [0.1, 0.15) is 6.92 Å². The molecule has 0 saturated heterocycles. The predicted molar refractivity (Wildman–Crippen MR) is 59.7 cm³/mol. The number of nitrogens with two attached hydrogens (primary N) is 1. The maximum absolute atomic E-state index is 11.7. The van der Waals surface area contributed by atoms with Gasteiger partial charge in [0, 0.05) is 6.07 Å². The average molecular weight is 240 g/mol. The molecule has 0 amide bonds.